The van der Waals surface area contributed by atoms with Gasteiger partial charge in [0.1, 0.15) is 6.04 Å². The summed E-state index contributed by atoms with van der Waals surface area (Å²) in [5, 5.41) is 14.9. The summed E-state index contributed by atoms with van der Waals surface area (Å²) in [5.74, 6) is -0.680. The Labute approximate surface area is 102 Å². The maximum atomic E-state index is 11.4. The van der Waals surface area contributed by atoms with Gasteiger partial charge < -0.3 is 15.7 Å². The van der Waals surface area contributed by atoms with Gasteiger partial charge in [-0.15, -0.1) is 0 Å². The highest BCUT2D eigenvalue weighted by atomic mass is 16.4. The molecular formula is C12H22N2O3. The molecule has 1 rings (SSSR count). The standard InChI is InChI=1S/C12H22N2O3/c1-2-3-11(15)14-10(12(16)17)8-9-4-6-13-7-5-9/h9-10,13H,2-8H2,1H3,(H,14,15)(H,16,17). The molecule has 5 nitrogen and oxygen atoms in total. The molecule has 1 saturated heterocycles. The van der Waals surface area contributed by atoms with E-state index in [-0.39, 0.29) is 5.91 Å². The lowest BCUT2D eigenvalue weighted by atomic mass is 9.91. The number of hydrogen-bond acceptors (Lipinski definition) is 3. The van der Waals surface area contributed by atoms with E-state index >= 15 is 0 Å². The number of carbonyl (C=O) groups excluding carboxylic acids is 1. The summed E-state index contributed by atoms with van der Waals surface area (Å²) in [6.07, 6.45) is 3.68. The Kier molecular flexibility index (Phi) is 5.97. The van der Waals surface area contributed by atoms with Gasteiger partial charge in [-0.2, -0.15) is 0 Å². The number of hydrogen-bond donors (Lipinski definition) is 3. The second-order valence-corrected chi connectivity index (χ2v) is 4.64. The molecule has 0 aromatic heterocycles. The lowest BCUT2D eigenvalue weighted by Crippen LogP contribution is -2.43. The van der Waals surface area contributed by atoms with E-state index < -0.39 is 12.0 Å². The number of carboxylic acid groups (broad SMARTS) is 1. The first-order chi connectivity index (χ1) is 8.13. The van der Waals surface area contributed by atoms with Crippen molar-refractivity contribution in [3.05, 3.63) is 0 Å². The predicted molar refractivity (Wildman–Crippen MR) is 64.7 cm³/mol. The lowest BCUT2D eigenvalue weighted by molar-refractivity contribution is -0.142. The maximum Gasteiger partial charge on any atom is 0.326 e. The van der Waals surface area contributed by atoms with Crippen LogP contribution in [0.5, 0.6) is 0 Å². The Bertz CT molecular complexity index is 262. The molecule has 0 aliphatic carbocycles. The molecule has 1 fully saturated rings. The average molecular weight is 242 g/mol. The molecule has 1 aliphatic heterocycles. The largest absolute Gasteiger partial charge is 0.480 e. The Balaban J connectivity index is 2.41. The molecule has 0 spiro atoms. The number of carboxylic acids is 1. The van der Waals surface area contributed by atoms with Crippen LogP contribution in [-0.2, 0) is 9.59 Å². The van der Waals surface area contributed by atoms with Crippen LogP contribution >= 0.6 is 0 Å². The van der Waals surface area contributed by atoms with Gasteiger partial charge in [-0.25, -0.2) is 4.79 Å². The first kappa shape index (κ1) is 14.0. The number of nitrogens with one attached hydrogen (secondary N) is 2. The predicted octanol–water partition coefficient (Wildman–Crippen LogP) is 0.746. The minimum Gasteiger partial charge on any atom is -0.480 e. The Hall–Kier alpha value is -1.10. The molecule has 0 saturated carbocycles. The van der Waals surface area contributed by atoms with E-state index in [0.717, 1.165) is 32.4 Å². The molecule has 1 atom stereocenters. The number of rotatable bonds is 6. The van der Waals surface area contributed by atoms with E-state index in [1.165, 1.54) is 0 Å². The van der Waals surface area contributed by atoms with Crippen molar-refractivity contribution in [3.63, 3.8) is 0 Å². The fourth-order valence-corrected chi connectivity index (χ4v) is 2.17. The highest BCUT2D eigenvalue weighted by Gasteiger charge is 2.24. The van der Waals surface area contributed by atoms with E-state index in [4.69, 9.17) is 5.11 Å². The van der Waals surface area contributed by atoms with Crippen molar-refractivity contribution in [1.82, 2.24) is 10.6 Å². The molecule has 5 heteroatoms. The van der Waals surface area contributed by atoms with E-state index in [9.17, 15) is 9.59 Å². The van der Waals surface area contributed by atoms with Crippen LogP contribution < -0.4 is 10.6 Å². The van der Waals surface area contributed by atoms with E-state index in [0.29, 0.717) is 18.8 Å². The number of aliphatic carboxylic acids is 1. The molecule has 3 N–H and O–H groups in total. The monoisotopic (exact) mass is 242 g/mol. The van der Waals surface area contributed by atoms with Crippen molar-refractivity contribution in [1.29, 1.82) is 0 Å². The summed E-state index contributed by atoms with van der Waals surface area (Å²) in [5.41, 5.74) is 0. The Morgan fingerprint density at radius 2 is 2.06 bits per heavy atom. The maximum absolute atomic E-state index is 11.4. The summed E-state index contributed by atoms with van der Waals surface area (Å²) < 4.78 is 0. The second kappa shape index (κ2) is 7.27. The van der Waals surface area contributed by atoms with E-state index in [1.54, 1.807) is 0 Å². The zero-order chi connectivity index (χ0) is 12.7. The molecule has 0 aromatic rings. The van der Waals surface area contributed by atoms with E-state index in [1.807, 2.05) is 6.92 Å². The molecule has 1 unspecified atom stereocenters. The number of carbonyl (C=O) groups is 2. The summed E-state index contributed by atoms with van der Waals surface area (Å²) in [6.45, 7) is 3.79. The van der Waals surface area contributed by atoms with Crippen molar-refractivity contribution >= 4 is 11.9 Å². The zero-order valence-electron chi connectivity index (χ0n) is 10.4. The van der Waals surface area contributed by atoms with Crippen molar-refractivity contribution in [2.45, 2.75) is 45.1 Å². The third kappa shape index (κ3) is 5.17. The van der Waals surface area contributed by atoms with Crippen LogP contribution in [-0.4, -0.2) is 36.1 Å². The van der Waals surface area contributed by atoms with Crippen molar-refractivity contribution in [2.24, 2.45) is 5.92 Å². The van der Waals surface area contributed by atoms with E-state index in [2.05, 4.69) is 10.6 Å². The SMILES string of the molecule is CCCC(=O)NC(CC1CCNCC1)C(=O)O. The molecule has 1 aliphatic rings. The number of piperidine rings is 1. The Morgan fingerprint density at radius 3 is 2.59 bits per heavy atom. The minimum absolute atomic E-state index is 0.158. The van der Waals surface area contributed by atoms with Gasteiger partial charge in [0.25, 0.3) is 0 Å². The van der Waals surface area contributed by atoms with Crippen LogP contribution in [0.15, 0.2) is 0 Å². The van der Waals surface area contributed by atoms with Crippen LogP contribution in [0.2, 0.25) is 0 Å². The second-order valence-electron chi connectivity index (χ2n) is 4.64. The first-order valence-corrected chi connectivity index (χ1v) is 6.36. The van der Waals surface area contributed by atoms with Crippen LogP contribution in [0.4, 0.5) is 0 Å². The molecule has 1 amide bonds. The fraction of sp³-hybridized carbons (Fsp3) is 0.833. The molecule has 0 bridgehead atoms. The van der Waals surface area contributed by atoms with Gasteiger partial charge in [0.2, 0.25) is 5.91 Å². The highest BCUT2D eigenvalue weighted by Crippen LogP contribution is 2.18. The van der Waals surface area contributed by atoms with Gasteiger partial charge in [0, 0.05) is 6.42 Å². The summed E-state index contributed by atoms with van der Waals surface area (Å²) in [6, 6.07) is -0.725. The average Bonchev–Trinajstić information content (AvgIpc) is 2.29. The lowest BCUT2D eigenvalue weighted by Gasteiger charge is -2.25. The van der Waals surface area contributed by atoms with Crippen LogP contribution in [0.3, 0.4) is 0 Å². The van der Waals surface area contributed by atoms with Crippen LogP contribution in [0, 0.1) is 5.92 Å². The zero-order valence-corrected chi connectivity index (χ0v) is 10.4. The van der Waals surface area contributed by atoms with Gasteiger partial charge in [-0.3, -0.25) is 4.79 Å². The summed E-state index contributed by atoms with van der Waals surface area (Å²) >= 11 is 0. The highest BCUT2D eigenvalue weighted by molar-refractivity contribution is 5.83. The normalized spacial score (nSPS) is 18.6. The van der Waals surface area contributed by atoms with Gasteiger partial charge >= 0.3 is 5.97 Å². The summed E-state index contributed by atoms with van der Waals surface area (Å²) in [7, 11) is 0. The van der Waals surface area contributed by atoms with Crippen molar-refractivity contribution in [3.8, 4) is 0 Å². The third-order valence-electron chi connectivity index (χ3n) is 3.14. The molecule has 98 valence electrons. The molecule has 1 heterocycles. The van der Waals surface area contributed by atoms with Gasteiger partial charge in [0.15, 0.2) is 0 Å². The molecular weight excluding hydrogens is 220 g/mol. The first-order valence-electron chi connectivity index (χ1n) is 6.36. The van der Waals surface area contributed by atoms with Gasteiger partial charge in [-0.1, -0.05) is 6.92 Å². The molecule has 0 aromatic carbocycles. The minimum atomic E-state index is -0.923. The van der Waals surface area contributed by atoms with Crippen molar-refractivity contribution in [2.75, 3.05) is 13.1 Å². The number of amides is 1. The fourth-order valence-electron chi connectivity index (χ4n) is 2.17. The third-order valence-corrected chi connectivity index (χ3v) is 3.14. The van der Waals surface area contributed by atoms with Crippen LogP contribution in [0.25, 0.3) is 0 Å². The Morgan fingerprint density at radius 1 is 1.41 bits per heavy atom. The van der Waals surface area contributed by atoms with Crippen molar-refractivity contribution < 1.29 is 14.7 Å². The smallest absolute Gasteiger partial charge is 0.326 e. The van der Waals surface area contributed by atoms with Gasteiger partial charge in [0.05, 0.1) is 0 Å². The van der Waals surface area contributed by atoms with Gasteiger partial charge in [-0.05, 0) is 44.7 Å². The topological polar surface area (TPSA) is 78.4 Å². The molecule has 0 radical (unpaired) electrons. The summed E-state index contributed by atoms with van der Waals surface area (Å²) in [4.78, 5) is 22.5. The van der Waals surface area contributed by atoms with Crippen LogP contribution in [0.1, 0.15) is 39.0 Å². The molecule has 17 heavy (non-hydrogen) atoms. The quantitative estimate of drug-likeness (QED) is 0.642.